The minimum Gasteiger partial charge on any atom is -0.496 e. The van der Waals surface area contributed by atoms with Gasteiger partial charge in [-0.1, -0.05) is 42.5 Å². The van der Waals surface area contributed by atoms with Crippen LogP contribution in [0.3, 0.4) is 0 Å². The van der Waals surface area contributed by atoms with E-state index in [9.17, 15) is 13.2 Å². The molecule has 0 heterocycles. The molecule has 0 atom stereocenters. The Morgan fingerprint density at radius 1 is 0.857 bits per heavy atom. The van der Waals surface area contributed by atoms with Gasteiger partial charge in [-0.2, -0.15) is 0 Å². The fourth-order valence-electron chi connectivity index (χ4n) is 3.00. The molecule has 0 unspecified atom stereocenters. The van der Waals surface area contributed by atoms with Gasteiger partial charge in [-0.3, -0.25) is 9.52 Å². The van der Waals surface area contributed by atoms with E-state index in [1.807, 2.05) is 6.07 Å². The molecule has 3 aromatic rings. The molecule has 5 nitrogen and oxygen atoms in total. The Labute approximate surface area is 165 Å². The van der Waals surface area contributed by atoms with Gasteiger partial charge < -0.3 is 4.74 Å². The summed E-state index contributed by atoms with van der Waals surface area (Å²) in [6.07, 6.45) is 0. The molecule has 0 aliphatic carbocycles. The zero-order valence-electron chi connectivity index (χ0n) is 15.9. The van der Waals surface area contributed by atoms with Crippen molar-refractivity contribution >= 4 is 21.5 Å². The van der Waals surface area contributed by atoms with Crippen LogP contribution in [-0.4, -0.2) is 21.3 Å². The van der Waals surface area contributed by atoms with E-state index in [0.29, 0.717) is 22.4 Å². The summed E-state index contributed by atoms with van der Waals surface area (Å²) in [7, 11) is -2.35. The lowest BCUT2D eigenvalue weighted by atomic mass is 10.0. The summed E-state index contributed by atoms with van der Waals surface area (Å²) >= 11 is 0. The highest BCUT2D eigenvalue weighted by atomic mass is 32.2. The topological polar surface area (TPSA) is 72.5 Å². The number of methoxy groups -OCH3 is 1. The lowest BCUT2D eigenvalue weighted by Gasteiger charge is -2.16. The standard InChI is InChI=1S/C22H21NO4S/c1-15-16(2)21(14-13-20(15)27-3)28(25,26)23-19-12-8-7-11-18(19)22(24)17-9-5-4-6-10-17/h4-14,23H,1-3H3. The van der Waals surface area contributed by atoms with Crippen molar-refractivity contribution in [2.75, 3.05) is 11.8 Å². The molecule has 6 heteroatoms. The van der Waals surface area contributed by atoms with Crippen molar-refractivity contribution in [3.8, 4) is 5.75 Å². The van der Waals surface area contributed by atoms with Crippen molar-refractivity contribution in [1.82, 2.24) is 0 Å². The highest BCUT2D eigenvalue weighted by molar-refractivity contribution is 7.92. The molecular weight excluding hydrogens is 374 g/mol. The predicted octanol–water partition coefficient (Wildman–Crippen LogP) is 4.34. The van der Waals surface area contributed by atoms with E-state index in [1.165, 1.54) is 6.07 Å². The van der Waals surface area contributed by atoms with Crippen LogP contribution >= 0.6 is 0 Å². The Hall–Kier alpha value is -3.12. The number of rotatable bonds is 6. The number of anilines is 1. The first-order valence-electron chi connectivity index (χ1n) is 8.71. The Balaban J connectivity index is 2.01. The van der Waals surface area contributed by atoms with Crippen LogP contribution in [0, 0.1) is 13.8 Å². The second kappa shape index (κ2) is 7.86. The number of para-hydroxylation sites is 1. The van der Waals surface area contributed by atoms with Crippen LogP contribution in [0.2, 0.25) is 0 Å². The SMILES string of the molecule is COc1ccc(S(=O)(=O)Nc2ccccc2C(=O)c2ccccc2)c(C)c1C. The maximum absolute atomic E-state index is 13.0. The number of hydrogen-bond donors (Lipinski definition) is 1. The van der Waals surface area contributed by atoms with E-state index in [1.54, 1.807) is 75.6 Å². The Morgan fingerprint density at radius 3 is 2.18 bits per heavy atom. The molecule has 3 aromatic carbocycles. The Morgan fingerprint density at radius 2 is 1.50 bits per heavy atom. The van der Waals surface area contributed by atoms with Crippen LogP contribution in [0.1, 0.15) is 27.0 Å². The molecule has 3 rings (SSSR count). The summed E-state index contributed by atoms with van der Waals surface area (Å²) < 4.78 is 33.9. The first-order valence-corrected chi connectivity index (χ1v) is 10.2. The first kappa shape index (κ1) is 19.6. The van der Waals surface area contributed by atoms with Crippen molar-refractivity contribution in [2.45, 2.75) is 18.7 Å². The van der Waals surface area contributed by atoms with Gasteiger partial charge in [-0.25, -0.2) is 8.42 Å². The predicted molar refractivity (Wildman–Crippen MR) is 110 cm³/mol. The third kappa shape index (κ3) is 3.77. The number of ether oxygens (including phenoxy) is 1. The molecule has 0 saturated carbocycles. The smallest absolute Gasteiger partial charge is 0.262 e. The average molecular weight is 395 g/mol. The molecule has 0 fully saturated rings. The van der Waals surface area contributed by atoms with Crippen LogP contribution in [0.25, 0.3) is 0 Å². The van der Waals surface area contributed by atoms with E-state index in [-0.39, 0.29) is 16.4 Å². The number of nitrogens with one attached hydrogen (secondary N) is 1. The molecule has 28 heavy (non-hydrogen) atoms. The van der Waals surface area contributed by atoms with Crippen molar-refractivity contribution in [2.24, 2.45) is 0 Å². The highest BCUT2D eigenvalue weighted by Crippen LogP contribution is 2.29. The number of ketones is 1. The molecule has 0 aliphatic rings. The van der Waals surface area contributed by atoms with Gasteiger partial charge in [0.05, 0.1) is 17.7 Å². The quantitative estimate of drug-likeness (QED) is 0.630. The number of sulfonamides is 1. The maximum atomic E-state index is 13.0. The van der Waals surface area contributed by atoms with Crippen LogP contribution < -0.4 is 9.46 Å². The molecular formula is C22H21NO4S. The van der Waals surface area contributed by atoms with Gasteiger partial charge in [0.1, 0.15) is 5.75 Å². The Bertz CT molecular complexity index is 1120. The molecule has 0 bridgehead atoms. The maximum Gasteiger partial charge on any atom is 0.262 e. The lowest BCUT2D eigenvalue weighted by Crippen LogP contribution is -2.17. The third-order valence-corrected chi connectivity index (χ3v) is 6.16. The molecule has 0 spiro atoms. The minimum absolute atomic E-state index is 0.146. The molecule has 144 valence electrons. The van der Waals surface area contributed by atoms with Gasteiger partial charge in [0.15, 0.2) is 5.78 Å². The van der Waals surface area contributed by atoms with E-state index >= 15 is 0 Å². The van der Waals surface area contributed by atoms with Crippen molar-refractivity contribution < 1.29 is 17.9 Å². The zero-order valence-corrected chi connectivity index (χ0v) is 16.7. The first-order chi connectivity index (χ1) is 13.3. The zero-order chi connectivity index (χ0) is 20.3. The molecule has 0 saturated heterocycles. The van der Waals surface area contributed by atoms with Gasteiger partial charge in [0.25, 0.3) is 10.0 Å². The van der Waals surface area contributed by atoms with Crippen LogP contribution in [0.5, 0.6) is 5.75 Å². The van der Waals surface area contributed by atoms with Crippen LogP contribution in [-0.2, 0) is 10.0 Å². The second-order valence-corrected chi connectivity index (χ2v) is 8.01. The summed E-state index contributed by atoms with van der Waals surface area (Å²) in [6.45, 7) is 3.54. The van der Waals surface area contributed by atoms with Crippen molar-refractivity contribution in [3.05, 3.63) is 89.0 Å². The van der Waals surface area contributed by atoms with E-state index in [0.717, 1.165) is 5.56 Å². The molecule has 0 aliphatic heterocycles. The number of carbonyl (C=O) groups excluding carboxylic acids is 1. The fourth-order valence-corrected chi connectivity index (χ4v) is 4.38. The lowest BCUT2D eigenvalue weighted by molar-refractivity contribution is 0.103. The molecule has 0 radical (unpaired) electrons. The van der Waals surface area contributed by atoms with E-state index in [4.69, 9.17) is 4.74 Å². The summed E-state index contributed by atoms with van der Waals surface area (Å²) in [5.74, 6) is 0.373. The fraction of sp³-hybridized carbons (Fsp3) is 0.136. The van der Waals surface area contributed by atoms with Gasteiger partial charge in [0, 0.05) is 11.1 Å². The molecule has 1 N–H and O–H groups in total. The summed E-state index contributed by atoms with van der Waals surface area (Å²) in [5, 5.41) is 0. The Kier molecular flexibility index (Phi) is 5.51. The number of hydrogen-bond acceptors (Lipinski definition) is 4. The van der Waals surface area contributed by atoms with Gasteiger partial charge >= 0.3 is 0 Å². The minimum atomic E-state index is -3.89. The van der Waals surface area contributed by atoms with E-state index < -0.39 is 10.0 Å². The normalized spacial score (nSPS) is 11.1. The molecule has 0 aromatic heterocycles. The largest absolute Gasteiger partial charge is 0.496 e. The van der Waals surface area contributed by atoms with Crippen molar-refractivity contribution in [1.29, 1.82) is 0 Å². The van der Waals surface area contributed by atoms with Crippen LogP contribution in [0.4, 0.5) is 5.69 Å². The highest BCUT2D eigenvalue weighted by Gasteiger charge is 2.22. The second-order valence-electron chi connectivity index (χ2n) is 6.36. The summed E-state index contributed by atoms with van der Waals surface area (Å²) in [6, 6.07) is 18.5. The summed E-state index contributed by atoms with van der Waals surface area (Å²) in [4.78, 5) is 13.0. The van der Waals surface area contributed by atoms with Crippen molar-refractivity contribution in [3.63, 3.8) is 0 Å². The molecule has 0 amide bonds. The third-order valence-electron chi connectivity index (χ3n) is 4.65. The van der Waals surface area contributed by atoms with Gasteiger partial charge in [0.2, 0.25) is 0 Å². The summed E-state index contributed by atoms with van der Waals surface area (Å²) in [5.41, 5.74) is 2.37. The van der Waals surface area contributed by atoms with Gasteiger partial charge in [-0.15, -0.1) is 0 Å². The number of carbonyl (C=O) groups is 1. The van der Waals surface area contributed by atoms with E-state index in [2.05, 4.69) is 4.72 Å². The van der Waals surface area contributed by atoms with Crippen LogP contribution in [0.15, 0.2) is 71.6 Å². The average Bonchev–Trinajstić information content (AvgIpc) is 2.70. The monoisotopic (exact) mass is 395 g/mol. The van der Waals surface area contributed by atoms with Gasteiger partial charge in [-0.05, 0) is 49.2 Å². The number of benzene rings is 3.